The van der Waals surface area contributed by atoms with Crippen LogP contribution in [0.5, 0.6) is 0 Å². The summed E-state index contributed by atoms with van der Waals surface area (Å²) >= 11 is 0. The molecule has 110 valence electrons. The monoisotopic (exact) mass is 281 g/mol. The Morgan fingerprint density at radius 1 is 0.905 bits per heavy atom. The van der Waals surface area contributed by atoms with Crippen LogP contribution in [0.4, 0.5) is 0 Å². The van der Waals surface area contributed by atoms with Crippen LogP contribution in [0.1, 0.15) is 39.8 Å². The number of hydrogen-bond acceptors (Lipinski definition) is 1. The zero-order valence-electron chi connectivity index (χ0n) is 13.0. The fourth-order valence-electron chi connectivity index (χ4n) is 3.08. The Labute approximate surface area is 126 Å². The molecular weight excluding hydrogens is 258 g/mol. The van der Waals surface area contributed by atoms with Gasteiger partial charge in [0, 0.05) is 10.8 Å². The second-order valence-corrected chi connectivity index (χ2v) is 5.83. The van der Waals surface area contributed by atoms with E-state index in [1.54, 1.807) is 0 Å². The maximum Gasteiger partial charge on any atom is 0.134 e. The van der Waals surface area contributed by atoms with Gasteiger partial charge in [-0.2, -0.15) is 0 Å². The number of para-hydroxylation sites is 2. The van der Waals surface area contributed by atoms with Gasteiger partial charge in [0.25, 0.3) is 0 Å². The first-order chi connectivity index (χ1) is 10.2. The van der Waals surface area contributed by atoms with Crippen LogP contribution < -0.4 is 0 Å². The van der Waals surface area contributed by atoms with Crippen LogP contribution >= 0.6 is 0 Å². The lowest BCUT2D eigenvalue weighted by Gasteiger charge is -2.23. The molecule has 1 aromatic heterocycles. The SMILES string of the molecule is CCCC(OC(C)C)n1c2ccccc2c2ccccc21. The molecule has 21 heavy (non-hydrogen) atoms. The van der Waals surface area contributed by atoms with Crippen molar-refractivity contribution in [3.63, 3.8) is 0 Å². The van der Waals surface area contributed by atoms with Crippen molar-refractivity contribution >= 4 is 21.8 Å². The molecule has 0 fully saturated rings. The van der Waals surface area contributed by atoms with E-state index < -0.39 is 0 Å². The molecule has 1 heterocycles. The number of nitrogens with zero attached hydrogens (tertiary/aromatic N) is 1. The van der Waals surface area contributed by atoms with Gasteiger partial charge in [-0.25, -0.2) is 0 Å². The van der Waals surface area contributed by atoms with E-state index in [4.69, 9.17) is 4.74 Å². The molecule has 2 heteroatoms. The molecule has 3 rings (SSSR count). The van der Waals surface area contributed by atoms with Gasteiger partial charge in [0.2, 0.25) is 0 Å². The minimum absolute atomic E-state index is 0.0970. The Morgan fingerprint density at radius 3 is 1.90 bits per heavy atom. The van der Waals surface area contributed by atoms with Gasteiger partial charge in [-0.3, -0.25) is 0 Å². The predicted octanol–water partition coefficient (Wildman–Crippen LogP) is 5.52. The first kappa shape index (κ1) is 14.2. The third-order valence-corrected chi connectivity index (χ3v) is 3.87. The van der Waals surface area contributed by atoms with E-state index >= 15 is 0 Å². The molecule has 0 saturated heterocycles. The smallest absolute Gasteiger partial charge is 0.134 e. The lowest BCUT2D eigenvalue weighted by Crippen LogP contribution is -2.17. The number of rotatable bonds is 5. The van der Waals surface area contributed by atoms with Crippen molar-refractivity contribution in [3.8, 4) is 0 Å². The van der Waals surface area contributed by atoms with Crippen LogP contribution in [-0.4, -0.2) is 10.7 Å². The molecular formula is C19H23NO. The van der Waals surface area contributed by atoms with Crippen LogP contribution in [0.25, 0.3) is 21.8 Å². The number of hydrogen-bond donors (Lipinski definition) is 0. The lowest BCUT2D eigenvalue weighted by atomic mass is 10.2. The predicted molar refractivity (Wildman–Crippen MR) is 89.6 cm³/mol. The molecule has 0 radical (unpaired) electrons. The zero-order valence-corrected chi connectivity index (χ0v) is 13.0. The fourth-order valence-corrected chi connectivity index (χ4v) is 3.08. The third-order valence-electron chi connectivity index (χ3n) is 3.87. The van der Waals surface area contributed by atoms with Gasteiger partial charge >= 0.3 is 0 Å². The minimum Gasteiger partial charge on any atom is -0.355 e. The van der Waals surface area contributed by atoms with Gasteiger partial charge in [-0.15, -0.1) is 0 Å². The van der Waals surface area contributed by atoms with Gasteiger partial charge < -0.3 is 9.30 Å². The van der Waals surface area contributed by atoms with Crippen LogP contribution in [0, 0.1) is 0 Å². The Morgan fingerprint density at radius 2 is 1.43 bits per heavy atom. The molecule has 0 N–H and O–H groups in total. The number of aromatic nitrogens is 1. The number of benzene rings is 2. The van der Waals surface area contributed by atoms with Crippen molar-refractivity contribution in [2.45, 2.75) is 45.9 Å². The van der Waals surface area contributed by atoms with Crippen LogP contribution in [0.3, 0.4) is 0 Å². The van der Waals surface area contributed by atoms with E-state index in [2.05, 4.69) is 73.9 Å². The molecule has 0 aliphatic heterocycles. The first-order valence-corrected chi connectivity index (χ1v) is 7.85. The average Bonchev–Trinajstić information content (AvgIpc) is 2.81. The second kappa shape index (κ2) is 5.90. The van der Waals surface area contributed by atoms with Crippen LogP contribution in [0.2, 0.25) is 0 Å². The van der Waals surface area contributed by atoms with E-state index in [1.165, 1.54) is 21.8 Å². The second-order valence-electron chi connectivity index (χ2n) is 5.83. The summed E-state index contributed by atoms with van der Waals surface area (Å²) in [6, 6.07) is 17.2. The van der Waals surface area contributed by atoms with Gasteiger partial charge in [0.05, 0.1) is 17.1 Å². The Balaban J connectivity index is 2.26. The van der Waals surface area contributed by atoms with Crippen molar-refractivity contribution in [2.24, 2.45) is 0 Å². The molecule has 0 aliphatic carbocycles. The maximum absolute atomic E-state index is 6.21. The summed E-state index contributed by atoms with van der Waals surface area (Å²) in [6.07, 6.45) is 2.46. The van der Waals surface area contributed by atoms with Crippen LogP contribution in [0.15, 0.2) is 48.5 Å². The summed E-state index contributed by atoms with van der Waals surface area (Å²) in [7, 11) is 0. The van der Waals surface area contributed by atoms with E-state index in [0.29, 0.717) is 0 Å². The van der Waals surface area contributed by atoms with Crippen molar-refractivity contribution in [2.75, 3.05) is 0 Å². The van der Waals surface area contributed by atoms with Crippen molar-refractivity contribution in [1.82, 2.24) is 4.57 Å². The Kier molecular flexibility index (Phi) is 3.98. The third kappa shape index (κ3) is 2.56. The molecule has 0 saturated carbocycles. The summed E-state index contributed by atoms with van der Waals surface area (Å²) in [4.78, 5) is 0. The highest BCUT2D eigenvalue weighted by atomic mass is 16.5. The largest absolute Gasteiger partial charge is 0.355 e. The molecule has 2 aromatic carbocycles. The maximum atomic E-state index is 6.21. The van der Waals surface area contributed by atoms with Gasteiger partial charge in [-0.1, -0.05) is 49.7 Å². The van der Waals surface area contributed by atoms with Gasteiger partial charge in [0.15, 0.2) is 0 Å². The quantitative estimate of drug-likeness (QED) is 0.600. The molecule has 0 bridgehead atoms. The number of ether oxygens (including phenoxy) is 1. The standard InChI is InChI=1S/C19H23NO/c1-4-9-19(21-14(2)3)20-17-12-7-5-10-15(17)16-11-6-8-13-18(16)20/h5-8,10-14,19H,4,9H2,1-3H3. The summed E-state index contributed by atoms with van der Waals surface area (Å²) in [5.74, 6) is 0. The Hall–Kier alpha value is -1.80. The summed E-state index contributed by atoms with van der Waals surface area (Å²) < 4.78 is 8.58. The highest BCUT2D eigenvalue weighted by Crippen LogP contribution is 2.33. The fraction of sp³-hybridized carbons (Fsp3) is 0.368. The van der Waals surface area contributed by atoms with E-state index in [1.807, 2.05) is 0 Å². The molecule has 0 aliphatic rings. The van der Waals surface area contributed by atoms with Gasteiger partial charge in [-0.05, 0) is 32.4 Å². The molecule has 2 nitrogen and oxygen atoms in total. The first-order valence-electron chi connectivity index (χ1n) is 7.85. The van der Waals surface area contributed by atoms with E-state index in [9.17, 15) is 0 Å². The van der Waals surface area contributed by atoms with Crippen molar-refractivity contribution in [1.29, 1.82) is 0 Å². The molecule has 0 amide bonds. The Bertz CT molecular complexity index is 688. The number of fused-ring (bicyclic) bond motifs is 3. The van der Waals surface area contributed by atoms with Crippen molar-refractivity contribution < 1.29 is 4.74 Å². The van der Waals surface area contributed by atoms with Crippen LogP contribution in [-0.2, 0) is 4.74 Å². The molecule has 3 aromatic rings. The summed E-state index contributed by atoms with van der Waals surface area (Å²) in [5, 5.41) is 2.61. The van der Waals surface area contributed by atoms with E-state index in [-0.39, 0.29) is 12.3 Å². The van der Waals surface area contributed by atoms with E-state index in [0.717, 1.165) is 12.8 Å². The normalized spacial score (nSPS) is 13.3. The molecule has 1 unspecified atom stereocenters. The molecule has 1 atom stereocenters. The van der Waals surface area contributed by atoms with Crippen molar-refractivity contribution in [3.05, 3.63) is 48.5 Å². The lowest BCUT2D eigenvalue weighted by molar-refractivity contribution is -0.0373. The molecule has 0 spiro atoms. The minimum atomic E-state index is 0.0970. The van der Waals surface area contributed by atoms with Gasteiger partial charge in [0.1, 0.15) is 6.23 Å². The average molecular weight is 281 g/mol. The highest BCUT2D eigenvalue weighted by molar-refractivity contribution is 6.08. The highest BCUT2D eigenvalue weighted by Gasteiger charge is 2.18. The topological polar surface area (TPSA) is 14.2 Å². The summed E-state index contributed by atoms with van der Waals surface area (Å²) in [6.45, 7) is 6.43. The summed E-state index contributed by atoms with van der Waals surface area (Å²) in [5.41, 5.74) is 2.52. The zero-order chi connectivity index (χ0) is 14.8.